The first kappa shape index (κ1) is 28.3. The number of hydrogen-bond acceptors (Lipinski definition) is 6. The van der Waals surface area contributed by atoms with Gasteiger partial charge in [-0.25, -0.2) is 0 Å². The maximum atomic E-state index is 13.3. The maximum absolute atomic E-state index is 13.3. The van der Waals surface area contributed by atoms with Crippen molar-refractivity contribution in [3.63, 3.8) is 0 Å². The van der Waals surface area contributed by atoms with Crippen LogP contribution in [0.5, 0.6) is 5.75 Å². The Hall–Kier alpha value is -3.32. The predicted octanol–water partition coefficient (Wildman–Crippen LogP) is 5.30. The number of ether oxygens (including phenoxy) is 2. The number of hydrogen-bond donors (Lipinski definition) is 1. The van der Waals surface area contributed by atoms with Gasteiger partial charge in [0, 0.05) is 43.6 Å². The van der Waals surface area contributed by atoms with E-state index in [1.165, 1.54) is 4.90 Å². The molecule has 1 fully saturated rings. The molecule has 0 saturated carbocycles. The highest BCUT2D eigenvalue weighted by molar-refractivity contribution is 6.46. The number of ketones is 1. The Kier molecular flexibility index (Phi) is 9.02. The molecule has 37 heavy (non-hydrogen) atoms. The van der Waals surface area contributed by atoms with Gasteiger partial charge in [0.05, 0.1) is 24.8 Å². The van der Waals surface area contributed by atoms with E-state index in [2.05, 4.69) is 39.5 Å². The van der Waals surface area contributed by atoms with Gasteiger partial charge in [0.2, 0.25) is 0 Å². The van der Waals surface area contributed by atoms with Gasteiger partial charge in [-0.05, 0) is 62.1 Å². The van der Waals surface area contributed by atoms with E-state index in [0.717, 1.165) is 35.7 Å². The quantitative estimate of drug-likeness (QED) is 0.267. The third kappa shape index (κ3) is 5.82. The van der Waals surface area contributed by atoms with Crippen molar-refractivity contribution in [1.82, 2.24) is 4.90 Å². The van der Waals surface area contributed by atoms with Gasteiger partial charge in [-0.2, -0.15) is 0 Å². The monoisotopic (exact) mass is 508 g/mol. The second kappa shape index (κ2) is 11.8. The molecule has 1 amide bonds. The Balaban J connectivity index is 2.17. The SMILES string of the molecule is CCOc1ccc(/C(O)=C2/C(=O)C(=O)N(CCOC)C2c2ccc(N(CC)CC)cc2)cc1C(C)(C)C. The van der Waals surface area contributed by atoms with Gasteiger partial charge in [0.1, 0.15) is 11.5 Å². The Bertz CT molecular complexity index is 1140. The van der Waals surface area contributed by atoms with Crippen molar-refractivity contribution in [2.24, 2.45) is 0 Å². The molecular weight excluding hydrogens is 468 g/mol. The average Bonchev–Trinajstić information content (AvgIpc) is 3.12. The molecule has 7 heteroatoms. The molecule has 3 rings (SSSR count). The summed E-state index contributed by atoms with van der Waals surface area (Å²) in [5.74, 6) is -0.795. The highest BCUT2D eigenvalue weighted by Gasteiger charge is 2.46. The van der Waals surface area contributed by atoms with Crippen molar-refractivity contribution in [2.75, 3.05) is 44.9 Å². The normalized spacial score (nSPS) is 17.4. The van der Waals surface area contributed by atoms with E-state index in [1.807, 2.05) is 43.3 Å². The van der Waals surface area contributed by atoms with E-state index in [9.17, 15) is 14.7 Å². The zero-order valence-electron chi connectivity index (χ0n) is 23.1. The van der Waals surface area contributed by atoms with E-state index < -0.39 is 17.7 Å². The number of Topliss-reactive ketones (excluding diaryl/α,β-unsaturated/α-hetero) is 1. The number of anilines is 1. The average molecular weight is 509 g/mol. The number of likely N-dealkylation sites (tertiary alicyclic amines) is 1. The molecule has 0 spiro atoms. The van der Waals surface area contributed by atoms with Crippen LogP contribution in [0.3, 0.4) is 0 Å². The number of methoxy groups -OCH3 is 1. The summed E-state index contributed by atoms with van der Waals surface area (Å²) >= 11 is 0. The first-order valence-electron chi connectivity index (χ1n) is 13.0. The van der Waals surface area contributed by atoms with Crippen molar-refractivity contribution < 1.29 is 24.2 Å². The number of aliphatic hydroxyl groups excluding tert-OH is 1. The maximum Gasteiger partial charge on any atom is 0.295 e. The van der Waals surface area contributed by atoms with Crippen molar-refractivity contribution in [2.45, 2.75) is 53.0 Å². The summed E-state index contributed by atoms with van der Waals surface area (Å²) < 4.78 is 11.0. The molecule has 1 aliphatic rings. The fourth-order valence-electron chi connectivity index (χ4n) is 4.80. The molecule has 2 aromatic rings. The first-order valence-corrected chi connectivity index (χ1v) is 13.0. The number of aliphatic hydroxyl groups is 1. The van der Waals surface area contributed by atoms with Crippen LogP contribution in [-0.2, 0) is 19.7 Å². The second-order valence-electron chi connectivity index (χ2n) is 10.1. The van der Waals surface area contributed by atoms with Gasteiger partial charge in [-0.15, -0.1) is 0 Å². The summed E-state index contributed by atoms with van der Waals surface area (Å²) in [7, 11) is 1.55. The van der Waals surface area contributed by atoms with Gasteiger partial charge in [-0.3, -0.25) is 9.59 Å². The van der Waals surface area contributed by atoms with Crippen LogP contribution in [-0.4, -0.2) is 61.7 Å². The number of rotatable bonds is 10. The molecule has 2 aromatic carbocycles. The molecule has 1 aliphatic heterocycles. The molecular formula is C30H40N2O5. The van der Waals surface area contributed by atoms with Gasteiger partial charge < -0.3 is 24.4 Å². The lowest BCUT2D eigenvalue weighted by Crippen LogP contribution is -2.32. The Morgan fingerprint density at radius 1 is 1.03 bits per heavy atom. The lowest BCUT2D eigenvalue weighted by molar-refractivity contribution is -0.140. The smallest absolute Gasteiger partial charge is 0.295 e. The number of nitrogens with zero attached hydrogens (tertiary/aromatic N) is 2. The molecule has 0 bridgehead atoms. The number of carbonyl (C=O) groups is 2. The summed E-state index contributed by atoms with van der Waals surface area (Å²) in [5, 5.41) is 11.5. The third-order valence-electron chi connectivity index (χ3n) is 6.77. The van der Waals surface area contributed by atoms with Gasteiger partial charge >= 0.3 is 0 Å². The van der Waals surface area contributed by atoms with Crippen molar-refractivity contribution in [1.29, 1.82) is 0 Å². The zero-order chi connectivity index (χ0) is 27.3. The topological polar surface area (TPSA) is 79.3 Å². The lowest BCUT2D eigenvalue weighted by Gasteiger charge is -2.27. The Morgan fingerprint density at radius 2 is 1.68 bits per heavy atom. The minimum atomic E-state index is -0.717. The van der Waals surface area contributed by atoms with Crippen LogP contribution in [0.1, 0.15) is 64.3 Å². The molecule has 1 heterocycles. The van der Waals surface area contributed by atoms with Crippen LogP contribution in [0.2, 0.25) is 0 Å². The largest absolute Gasteiger partial charge is 0.507 e. The van der Waals surface area contributed by atoms with Crippen LogP contribution in [0.15, 0.2) is 48.0 Å². The Labute approximate surface area is 220 Å². The van der Waals surface area contributed by atoms with Crippen molar-refractivity contribution >= 4 is 23.1 Å². The van der Waals surface area contributed by atoms with Gasteiger partial charge in [0.15, 0.2) is 0 Å². The summed E-state index contributed by atoms with van der Waals surface area (Å²) in [4.78, 5) is 30.1. The summed E-state index contributed by atoms with van der Waals surface area (Å²) in [6, 6.07) is 12.5. The molecule has 200 valence electrons. The van der Waals surface area contributed by atoms with Crippen LogP contribution >= 0.6 is 0 Å². The summed E-state index contributed by atoms with van der Waals surface area (Å²) in [6.45, 7) is 15.1. The fraction of sp³-hybridized carbons (Fsp3) is 0.467. The first-order chi connectivity index (χ1) is 17.6. The molecule has 0 aromatic heterocycles. The van der Waals surface area contributed by atoms with Crippen molar-refractivity contribution in [3.8, 4) is 5.75 Å². The highest BCUT2D eigenvalue weighted by atomic mass is 16.5. The standard InChI is InChI=1S/C30H40N2O5/c1-8-31(9-2)22-14-11-20(12-15-22)26-25(28(34)29(35)32(26)17-18-36-7)27(33)21-13-16-24(37-10-3)23(19-21)30(4,5)6/h11-16,19,26,33H,8-10,17-18H2,1-7H3/b27-25-. The van der Waals surface area contributed by atoms with E-state index in [-0.39, 0.29) is 29.9 Å². The van der Waals surface area contributed by atoms with E-state index in [1.54, 1.807) is 13.2 Å². The molecule has 0 radical (unpaired) electrons. The molecule has 0 aliphatic carbocycles. The van der Waals surface area contributed by atoms with E-state index in [4.69, 9.17) is 9.47 Å². The van der Waals surface area contributed by atoms with Gasteiger partial charge in [-0.1, -0.05) is 32.9 Å². The number of amides is 1. The molecule has 1 unspecified atom stereocenters. The summed E-state index contributed by atoms with van der Waals surface area (Å²) in [6.07, 6.45) is 0. The third-order valence-corrected chi connectivity index (χ3v) is 6.77. The van der Waals surface area contributed by atoms with Crippen LogP contribution < -0.4 is 9.64 Å². The minimum absolute atomic E-state index is 0.0840. The number of benzene rings is 2. The summed E-state index contributed by atoms with van der Waals surface area (Å²) in [5.41, 5.74) is 3.03. The minimum Gasteiger partial charge on any atom is -0.507 e. The van der Waals surface area contributed by atoms with E-state index >= 15 is 0 Å². The highest BCUT2D eigenvalue weighted by Crippen LogP contribution is 2.41. The van der Waals surface area contributed by atoms with Crippen LogP contribution in [0.25, 0.3) is 5.76 Å². The Morgan fingerprint density at radius 3 is 2.22 bits per heavy atom. The van der Waals surface area contributed by atoms with Crippen molar-refractivity contribution in [3.05, 3.63) is 64.7 Å². The fourth-order valence-corrected chi connectivity index (χ4v) is 4.80. The van der Waals surface area contributed by atoms with E-state index in [0.29, 0.717) is 12.2 Å². The van der Waals surface area contributed by atoms with Crippen LogP contribution in [0, 0.1) is 0 Å². The number of carbonyl (C=O) groups excluding carboxylic acids is 2. The molecule has 1 N–H and O–H groups in total. The second-order valence-corrected chi connectivity index (χ2v) is 10.1. The molecule has 1 atom stereocenters. The van der Waals surface area contributed by atoms with Gasteiger partial charge in [0.25, 0.3) is 11.7 Å². The molecule has 1 saturated heterocycles. The van der Waals surface area contributed by atoms with Crippen LogP contribution in [0.4, 0.5) is 5.69 Å². The molecule has 7 nitrogen and oxygen atoms in total. The predicted molar refractivity (Wildman–Crippen MR) is 147 cm³/mol. The lowest BCUT2D eigenvalue weighted by atomic mass is 9.84. The zero-order valence-corrected chi connectivity index (χ0v) is 23.1.